The molecule has 6 heteroatoms. The lowest BCUT2D eigenvalue weighted by atomic mass is 9.84. The standard InChI is InChI=1S/C24H19ClN2O2S/c1-24(2,14-26)15-4-9-21(29-17-7-5-16(25)6-8-17)19(12-15)20-13-27(3)23(28)22-18(20)10-11-30-22/h4-13H,1-3H3. The minimum Gasteiger partial charge on any atom is -0.457 e. The summed E-state index contributed by atoms with van der Waals surface area (Å²) in [7, 11) is 1.74. The van der Waals surface area contributed by atoms with Gasteiger partial charge in [0.2, 0.25) is 0 Å². The number of ether oxygens (including phenoxy) is 1. The third kappa shape index (κ3) is 3.60. The van der Waals surface area contributed by atoms with E-state index in [0.717, 1.165) is 22.1 Å². The van der Waals surface area contributed by atoms with Crippen molar-refractivity contribution in [2.24, 2.45) is 7.05 Å². The van der Waals surface area contributed by atoms with Crippen LogP contribution in [0.2, 0.25) is 5.02 Å². The molecule has 0 unspecified atom stereocenters. The van der Waals surface area contributed by atoms with Gasteiger partial charge in [-0.25, -0.2) is 0 Å². The van der Waals surface area contributed by atoms with E-state index in [-0.39, 0.29) is 5.56 Å². The van der Waals surface area contributed by atoms with Gasteiger partial charge in [0.1, 0.15) is 16.2 Å². The highest BCUT2D eigenvalue weighted by Crippen LogP contribution is 2.40. The largest absolute Gasteiger partial charge is 0.457 e. The Balaban J connectivity index is 1.96. The minimum atomic E-state index is -0.665. The molecule has 4 aromatic rings. The first-order valence-corrected chi connectivity index (χ1v) is 10.6. The Kier molecular flexibility index (Phi) is 5.15. The van der Waals surface area contributed by atoms with E-state index in [1.807, 2.05) is 49.7 Å². The van der Waals surface area contributed by atoms with Crippen molar-refractivity contribution in [1.82, 2.24) is 4.57 Å². The molecule has 0 saturated heterocycles. The van der Waals surface area contributed by atoms with Crippen LogP contribution in [0.3, 0.4) is 0 Å². The molecule has 0 aliphatic carbocycles. The predicted molar refractivity (Wildman–Crippen MR) is 123 cm³/mol. The van der Waals surface area contributed by atoms with Crippen LogP contribution >= 0.6 is 22.9 Å². The summed E-state index contributed by atoms with van der Waals surface area (Å²) < 4.78 is 8.47. The number of thiophene rings is 1. The molecule has 0 N–H and O–H groups in total. The fourth-order valence-electron chi connectivity index (χ4n) is 3.30. The second-order valence-electron chi connectivity index (χ2n) is 7.63. The van der Waals surface area contributed by atoms with E-state index < -0.39 is 5.41 Å². The Morgan fingerprint density at radius 1 is 1.10 bits per heavy atom. The molecular weight excluding hydrogens is 416 g/mol. The smallest absolute Gasteiger partial charge is 0.268 e. The van der Waals surface area contributed by atoms with Gasteiger partial charge in [-0.2, -0.15) is 5.26 Å². The summed E-state index contributed by atoms with van der Waals surface area (Å²) in [5.41, 5.74) is 1.89. The van der Waals surface area contributed by atoms with E-state index in [2.05, 4.69) is 6.07 Å². The number of nitrogens with zero attached hydrogens (tertiary/aromatic N) is 2. The highest BCUT2D eigenvalue weighted by molar-refractivity contribution is 7.17. The lowest BCUT2D eigenvalue weighted by Crippen LogP contribution is -2.16. The molecule has 30 heavy (non-hydrogen) atoms. The third-order valence-electron chi connectivity index (χ3n) is 5.11. The summed E-state index contributed by atoms with van der Waals surface area (Å²) in [6.45, 7) is 3.76. The van der Waals surface area contributed by atoms with Gasteiger partial charge >= 0.3 is 0 Å². The summed E-state index contributed by atoms with van der Waals surface area (Å²) in [6, 6.07) is 17.2. The topological polar surface area (TPSA) is 55.0 Å². The van der Waals surface area contributed by atoms with Crippen LogP contribution in [0.15, 0.2) is 64.9 Å². The van der Waals surface area contributed by atoms with Crippen LogP contribution < -0.4 is 10.3 Å². The lowest BCUT2D eigenvalue weighted by molar-refractivity contribution is 0.484. The zero-order valence-corrected chi connectivity index (χ0v) is 18.3. The normalized spacial score (nSPS) is 11.4. The average Bonchev–Trinajstić information content (AvgIpc) is 3.23. The van der Waals surface area contributed by atoms with Crippen molar-refractivity contribution >= 4 is 33.0 Å². The minimum absolute atomic E-state index is 0.0302. The fourth-order valence-corrected chi connectivity index (χ4v) is 4.31. The van der Waals surface area contributed by atoms with E-state index in [1.54, 1.807) is 35.9 Å². The van der Waals surface area contributed by atoms with Crippen LogP contribution in [0.25, 0.3) is 21.2 Å². The van der Waals surface area contributed by atoms with Gasteiger partial charge in [0.25, 0.3) is 5.56 Å². The van der Waals surface area contributed by atoms with Crippen LogP contribution in [0.5, 0.6) is 11.5 Å². The van der Waals surface area contributed by atoms with Gasteiger partial charge < -0.3 is 9.30 Å². The Morgan fingerprint density at radius 2 is 1.83 bits per heavy atom. The van der Waals surface area contributed by atoms with Gasteiger partial charge in [0.15, 0.2) is 0 Å². The molecule has 0 atom stereocenters. The van der Waals surface area contributed by atoms with Gasteiger partial charge in [0, 0.05) is 34.8 Å². The number of aromatic nitrogens is 1. The monoisotopic (exact) mass is 434 g/mol. The molecule has 0 bridgehead atoms. The summed E-state index contributed by atoms with van der Waals surface area (Å²) in [5.74, 6) is 1.29. The first kappa shape index (κ1) is 20.2. The SMILES string of the molecule is Cn1cc(-c2cc(C(C)(C)C#N)ccc2Oc2ccc(Cl)cc2)c2ccsc2c1=O. The average molecular weight is 435 g/mol. The molecule has 2 heterocycles. The first-order valence-electron chi connectivity index (χ1n) is 9.36. The number of aryl methyl sites for hydroxylation is 1. The van der Waals surface area contributed by atoms with Gasteiger partial charge in [-0.05, 0) is 67.3 Å². The summed E-state index contributed by atoms with van der Waals surface area (Å²) in [5, 5.41) is 13.0. The summed E-state index contributed by atoms with van der Waals surface area (Å²) in [4.78, 5) is 12.5. The first-order chi connectivity index (χ1) is 14.3. The number of rotatable bonds is 4. The quantitative estimate of drug-likeness (QED) is 0.367. The Labute approximate surface area is 183 Å². The maximum Gasteiger partial charge on any atom is 0.268 e. The number of nitriles is 1. The van der Waals surface area contributed by atoms with Crippen LogP contribution in [0.4, 0.5) is 0 Å². The molecule has 0 amide bonds. The highest BCUT2D eigenvalue weighted by Gasteiger charge is 2.23. The number of fused-ring (bicyclic) bond motifs is 1. The summed E-state index contributed by atoms with van der Waals surface area (Å²) >= 11 is 7.42. The van der Waals surface area contributed by atoms with E-state index in [0.29, 0.717) is 21.2 Å². The van der Waals surface area contributed by atoms with Gasteiger partial charge in [0.05, 0.1) is 11.5 Å². The van der Waals surface area contributed by atoms with E-state index in [1.165, 1.54) is 11.3 Å². The molecule has 4 rings (SSSR count). The van der Waals surface area contributed by atoms with Crippen molar-refractivity contribution in [2.75, 3.05) is 0 Å². The molecule has 2 aromatic carbocycles. The highest BCUT2D eigenvalue weighted by atomic mass is 35.5. The van der Waals surface area contributed by atoms with Crippen molar-refractivity contribution in [3.8, 4) is 28.7 Å². The van der Waals surface area contributed by atoms with E-state index in [4.69, 9.17) is 16.3 Å². The number of pyridine rings is 1. The number of halogens is 1. The van der Waals surface area contributed by atoms with E-state index in [9.17, 15) is 10.1 Å². The van der Waals surface area contributed by atoms with Crippen LogP contribution in [-0.4, -0.2) is 4.57 Å². The van der Waals surface area contributed by atoms with Crippen molar-refractivity contribution in [3.05, 3.63) is 81.0 Å². The third-order valence-corrected chi connectivity index (χ3v) is 6.26. The maximum atomic E-state index is 12.5. The van der Waals surface area contributed by atoms with Crippen molar-refractivity contribution in [3.63, 3.8) is 0 Å². The fraction of sp³-hybridized carbons (Fsp3) is 0.167. The molecule has 0 aliphatic rings. The lowest BCUT2D eigenvalue weighted by Gasteiger charge is -2.20. The molecule has 2 aromatic heterocycles. The zero-order chi connectivity index (χ0) is 21.5. The number of hydrogen-bond donors (Lipinski definition) is 0. The molecular formula is C24H19ClN2O2S. The number of hydrogen-bond acceptors (Lipinski definition) is 4. The van der Waals surface area contributed by atoms with E-state index >= 15 is 0 Å². The predicted octanol–water partition coefficient (Wildman–Crippen LogP) is 6.51. The molecule has 150 valence electrons. The van der Waals surface area contributed by atoms with Gasteiger partial charge in [-0.1, -0.05) is 17.7 Å². The second kappa shape index (κ2) is 7.64. The van der Waals surface area contributed by atoms with Crippen LogP contribution in [0, 0.1) is 11.3 Å². The molecule has 0 aliphatic heterocycles. The molecule has 0 fully saturated rings. The van der Waals surface area contributed by atoms with Gasteiger partial charge in [-0.15, -0.1) is 11.3 Å². The molecule has 0 spiro atoms. The number of benzene rings is 2. The van der Waals surface area contributed by atoms with Crippen molar-refractivity contribution in [2.45, 2.75) is 19.3 Å². The maximum absolute atomic E-state index is 12.5. The van der Waals surface area contributed by atoms with Crippen molar-refractivity contribution < 1.29 is 4.74 Å². The Bertz CT molecular complexity index is 1340. The summed E-state index contributed by atoms with van der Waals surface area (Å²) in [6.07, 6.45) is 1.82. The molecule has 0 saturated carbocycles. The zero-order valence-electron chi connectivity index (χ0n) is 16.8. The van der Waals surface area contributed by atoms with Crippen LogP contribution in [-0.2, 0) is 12.5 Å². The van der Waals surface area contributed by atoms with Crippen LogP contribution in [0.1, 0.15) is 19.4 Å². The Hall–Kier alpha value is -3.07. The Morgan fingerprint density at radius 3 is 2.53 bits per heavy atom. The van der Waals surface area contributed by atoms with Gasteiger partial charge in [-0.3, -0.25) is 4.79 Å². The van der Waals surface area contributed by atoms with Crippen molar-refractivity contribution in [1.29, 1.82) is 5.26 Å². The molecule has 0 radical (unpaired) electrons. The molecule has 4 nitrogen and oxygen atoms in total. The second-order valence-corrected chi connectivity index (χ2v) is 8.98.